The number of para-hydroxylation sites is 1. The summed E-state index contributed by atoms with van der Waals surface area (Å²) in [6, 6.07) is 8.48. The van der Waals surface area contributed by atoms with Gasteiger partial charge in [-0.15, -0.1) is 0 Å². The zero-order valence-corrected chi connectivity index (χ0v) is 12.8. The first-order valence-corrected chi connectivity index (χ1v) is 7.37. The van der Waals surface area contributed by atoms with E-state index >= 15 is 0 Å². The average molecular weight is 324 g/mol. The number of nitrogens with zero attached hydrogens (tertiary/aromatic N) is 2. The Labute approximate surface area is 135 Å². The van der Waals surface area contributed by atoms with Crippen molar-refractivity contribution in [3.8, 4) is 11.1 Å². The van der Waals surface area contributed by atoms with Crippen LogP contribution in [0.3, 0.4) is 0 Å². The fourth-order valence-corrected chi connectivity index (χ4v) is 3.00. The Morgan fingerprint density at radius 1 is 1.33 bits per heavy atom. The van der Waals surface area contributed by atoms with Gasteiger partial charge in [0.1, 0.15) is 11.4 Å². The molecule has 0 saturated carbocycles. The number of halogens is 1. The Morgan fingerprint density at radius 3 is 2.96 bits per heavy atom. The second-order valence-electron chi connectivity index (χ2n) is 5.67. The highest BCUT2D eigenvalue weighted by Crippen LogP contribution is 2.35. The van der Waals surface area contributed by atoms with Crippen molar-refractivity contribution in [3.05, 3.63) is 54.2 Å². The molecular formula is C18H13FN2O3. The molecule has 0 bridgehead atoms. The van der Waals surface area contributed by atoms with Gasteiger partial charge in [0.2, 0.25) is 0 Å². The maximum atomic E-state index is 14.6. The van der Waals surface area contributed by atoms with Crippen molar-refractivity contribution < 1.29 is 18.7 Å². The number of fused-ring (bicyclic) bond motifs is 2. The topological polar surface area (TPSA) is 68.3 Å². The van der Waals surface area contributed by atoms with Crippen LogP contribution in [0.5, 0.6) is 0 Å². The highest BCUT2D eigenvalue weighted by molar-refractivity contribution is 5.97. The van der Waals surface area contributed by atoms with E-state index in [1.807, 2.05) is 0 Å². The first-order chi connectivity index (χ1) is 11.5. The van der Waals surface area contributed by atoms with Crippen molar-refractivity contribution in [1.29, 1.82) is 0 Å². The number of aliphatic carboxylic acids is 1. The van der Waals surface area contributed by atoms with Crippen LogP contribution >= 0.6 is 0 Å². The van der Waals surface area contributed by atoms with E-state index in [-0.39, 0.29) is 12.2 Å². The number of carboxylic acids is 1. The second-order valence-corrected chi connectivity index (χ2v) is 5.67. The van der Waals surface area contributed by atoms with Crippen LogP contribution in [-0.2, 0) is 18.3 Å². The number of carboxylic acid groups (broad SMARTS) is 1. The van der Waals surface area contributed by atoms with E-state index in [1.54, 1.807) is 42.2 Å². The molecule has 2 heterocycles. The van der Waals surface area contributed by atoms with Gasteiger partial charge in [0.25, 0.3) is 0 Å². The fourth-order valence-electron chi connectivity index (χ4n) is 3.00. The molecule has 24 heavy (non-hydrogen) atoms. The van der Waals surface area contributed by atoms with Gasteiger partial charge in [-0.3, -0.25) is 9.48 Å². The van der Waals surface area contributed by atoms with E-state index in [0.717, 1.165) is 10.9 Å². The number of aryl methyl sites for hydroxylation is 1. The lowest BCUT2D eigenvalue weighted by molar-refractivity contribution is -0.136. The predicted molar refractivity (Wildman–Crippen MR) is 87.2 cm³/mol. The molecule has 0 aliphatic heterocycles. The molecule has 0 aliphatic rings. The summed E-state index contributed by atoms with van der Waals surface area (Å²) in [6.07, 6.45) is 2.89. The molecule has 5 nitrogen and oxygen atoms in total. The molecule has 0 unspecified atom stereocenters. The van der Waals surface area contributed by atoms with Crippen molar-refractivity contribution in [2.45, 2.75) is 6.42 Å². The van der Waals surface area contributed by atoms with Gasteiger partial charge in [-0.25, -0.2) is 4.39 Å². The number of benzene rings is 2. The summed E-state index contributed by atoms with van der Waals surface area (Å²) < 4.78 is 21.8. The van der Waals surface area contributed by atoms with Gasteiger partial charge in [-0.1, -0.05) is 18.2 Å². The lowest BCUT2D eigenvalue weighted by atomic mass is 10.00. The predicted octanol–water partition coefficient (Wildman–Crippen LogP) is 3.75. The van der Waals surface area contributed by atoms with Crippen LogP contribution in [0, 0.1) is 5.82 Å². The molecular weight excluding hydrogens is 311 g/mol. The molecule has 0 amide bonds. The quantitative estimate of drug-likeness (QED) is 0.623. The van der Waals surface area contributed by atoms with Gasteiger partial charge in [0, 0.05) is 34.5 Å². The van der Waals surface area contributed by atoms with Crippen molar-refractivity contribution in [2.24, 2.45) is 7.05 Å². The van der Waals surface area contributed by atoms with Crippen molar-refractivity contribution in [3.63, 3.8) is 0 Å². The maximum absolute atomic E-state index is 14.6. The molecule has 0 atom stereocenters. The maximum Gasteiger partial charge on any atom is 0.307 e. The molecule has 0 saturated heterocycles. The molecule has 4 rings (SSSR count). The van der Waals surface area contributed by atoms with E-state index in [0.29, 0.717) is 27.7 Å². The molecule has 120 valence electrons. The van der Waals surface area contributed by atoms with Crippen LogP contribution in [0.2, 0.25) is 0 Å². The van der Waals surface area contributed by atoms with Gasteiger partial charge in [0.05, 0.1) is 24.4 Å². The van der Waals surface area contributed by atoms with Gasteiger partial charge in [-0.05, 0) is 12.1 Å². The fraction of sp³-hybridized carbons (Fsp3) is 0.111. The van der Waals surface area contributed by atoms with Crippen molar-refractivity contribution in [1.82, 2.24) is 9.78 Å². The average Bonchev–Trinajstić information content (AvgIpc) is 3.10. The largest absolute Gasteiger partial charge is 0.481 e. The van der Waals surface area contributed by atoms with Gasteiger partial charge in [0.15, 0.2) is 0 Å². The Kier molecular flexibility index (Phi) is 3.13. The molecule has 0 aliphatic carbocycles. The summed E-state index contributed by atoms with van der Waals surface area (Å²) in [4.78, 5) is 11.0. The molecule has 6 heteroatoms. The van der Waals surface area contributed by atoms with Crippen LogP contribution in [0.15, 0.2) is 47.2 Å². The number of aromatic nitrogens is 2. The number of hydrogen-bond donors (Lipinski definition) is 1. The van der Waals surface area contributed by atoms with E-state index in [1.165, 1.54) is 12.3 Å². The summed E-state index contributed by atoms with van der Waals surface area (Å²) in [5, 5.41) is 14.5. The molecule has 2 aromatic heterocycles. The number of furan rings is 1. The van der Waals surface area contributed by atoms with Gasteiger partial charge >= 0.3 is 5.97 Å². The van der Waals surface area contributed by atoms with Crippen LogP contribution in [0.1, 0.15) is 5.56 Å². The SMILES string of the molecule is Cn1ncc2cc(F)c(-c3cccc4c(CC(=O)O)coc34)cc21. The minimum atomic E-state index is -0.939. The summed E-state index contributed by atoms with van der Waals surface area (Å²) in [6.45, 7) is 0. The zero-order valence-electron chi connectivity index (χ0n) is 12.8. The zero-order chi connectivity index (χ0) is 16.8. The Morgan fingerprint density at radius 2 is 2.17 bits per heavy atom. The molecule has 0 spiro atoms. The second kappa shape index (κ2) is 5.19. The molecule has 1 N–H and O–H groups in total. The van der Waals surface area contributed by atoms with Crippen LogP contribution in [0.4, 0.5) is 4.39 Å². The normalized spacial score (nSPS) is 11.4. The Hall–Kier alpha value is -3.15. The smallest absolute Gasteiger partial charge is 0.307 e. The minimum absolute atomic E-state index is 0.139. The lowest BCUT2D eigenvalue weighted by Crippen LogP contribution is -1.98. The van der Waals surface area contributed by atoms with Crippen LogP contribution < -0.4 is 0 Å². The van der Waals surface area contributed by atoms with Gasteiger partial charge in [-0.2, -0.15) is 5.10 Å². The third-order valence-electron chi connectivity index (χ3n) is 4.15. The summed E-state index contributed by atoms with van der Waals surface area (Å²) >= 11 is 0. The molecule has 0 radical (unpaired) electrons. The first kappa shape index (κ1) is 14.4. The van der Waals surface area contributed by atoms with Crippen molar-refractivity contribution in [2.75, 3.05) is 0 Å². The Balaban J connectivity index is 1.96. The van der Waals surface area contributed by atoms with Crippen LogP contribution in [0.25, 0.3) is 33.0 Å². The third kappa shape index (κ3) is 2.15. The van der Waals surface area contributed by atoms with Gasteiger partial charge < -0.3 is 9.52 Å². The van der Waals surface area contributed by atoms with E-state index < -0.39 is 5.97 Å². The number of hydrogen-bond acceptors (Lipinski definition) is 3. The summed E-state index contributed by atoms with van der Waals surface area (Å²) in [7, 11) is 1.79. The molecule has 2 aromatic carbocycles. The van der Waals surface area contributed by atoms with E-state index in [2.05, 4.69) is 5.10 Å². The standard InChI is InChI=1S/C18H13FN2O3/c1-21-16-7-14(15(19)5-10(16)8-20-21)13-4-2-3-12-11(6-17(22)23)9-24-18(12)13/h2-5,7-9H,6H2,1H3,(H,22,23). The lowest BCUT2D eigenvalue weighted by Gasteiger charge is -2.06. The highest BCUT2D eigenvalue weighted by atomic mass is 19.1. The number of rotatable bonds is 3. The third-order valence-corrected chi connectivity index (χ3v) is 4.15. The highest BCUT2D eigenvalue weighted by Gasteiger charge is 2.17. The Bertz CT molecular complexity index is 1090. The number of carbonyl (C=O) groups is 1. The van der Waals surface area contributed by atoms with Crippen LogP contribution in [-0.4, -0.2) is 20.9 Å². The summed E-state index contributed by atoms with van der Waals surface area (Å²) in [5.41, 5.74) is 2.84. The minimum Gasteiger partial charge on any atom is -0.481 e. The first-order valence-electron chi connectivity index (χ1n) is 7.37. The molecule has 0 fully saturated rings. The molecule has 4 aromatic rings. The van der Waals surface area contributed by atoms with E-state index in [9.17, 15) is 9.18 Å². The monoisotopic (exact) mass is 324 g/mol. The summed E-state index contributed by atoms with van der Waals surface area (Å²) in [5.74, 6) is -1.32. The van der Waals surface area contributed by atoms with E-state index in [4.69, 9.17) is 9.52 Å². The van der Waals surface area contributed by atoms with Crippen molar-refractivity contribution >= 4 is 27.8 Å².